The maximum Gasteiger partial charge on any atom is 0.342 e. The fourth-order valence-electron chi connectivity index (χ4n) is 3.64. The number of aryl methyl sites for hydroxylation is 1. The third-order valence-corrected chi connectivity index (χ3v) is 4.96. The summed E-state index contributed by atoms with van der Waals surface area (Å²) in [5.41, 5.74) is 3.87. The van der Waals surface area contributed by atoms with Crippen molar-refractivity contribution < 1.29 is 9.53 Å². The molecule has 1 aliphatic carbocycles. The molecule has 1 aromatic rings. The topological polar surface area (TPSA) is 53.9 Å². The van der Waals surface area contributed by atoms with Gasteiger partial charge in [0.2, 0.25) is 0 Å². The van der Waals surface area contributed by atoms with Crippen LogP contribution in [0.15, 0.2) is 17.2 Å². The molecule has 130 valence electrons. The Balaban J connectivity index is 2.13. The zero-order valence-electron chi connectivity index (χ0n) is 15.1. The number of ether oxygens (including phenoxy) is 1. The van der Waals surface area contributed by atoms with E-state index in [0.717, 1.165) is 41.1 Å². The molecule has 24 heavy (non-hydrogen) atoms. The molecule has 1 saturated carbocycles. The first kappa shape index (κ1) is 16.8. The number of carbonyl (C=O) groups excluding carboxylic acids is 1. The molecule has 1 aliphatic heterocycles. The summed E-state index contributed by atoms with van der Waals surface area (Å²) < 4.78 is 5.51. The molecular weight excluding hydrogens is 302 g/mol. The number of urea groups is 1. The van der Waals surface area contributed by atoms with Crippen molar-refractivity contribution in [2.75, 3.05) is 12.4 Å². The van der Waals surface area contributed by atoms with Crippen LogP contribution in [0.1, 0.15) is 57.1 Å². The number of nitrogens with zero attached hydrogens (tertiary/aromatic N) is 2. The molecule has 0 bridgehead atoms. The number of rotatable bonds is 3. The molecule has 0 spiro atoms. The molecule has 1 fully saturated rings. The summed E-state index contributed by atoms with van der Waals surface area (Å²) in [6.07, 6.45) is 6.01. The fraction of sp³-hybridized carbons (Fsp3) is 0.579. The van der Waals surface area contributed by atoms with E-state index in [-0.39, 0.29) is 12.1 Å². The summed E-state index contributed by atoms with van der Waals surface area (Å²) in [6.45, 7) is 5.97. The van der Waals surface area contributed by atoms with Crippen LogP contribution in [0.4, 0.5) is 10.5 Å². The molecule has 0 unspecified atom stereocenters. The van der Waals surface area contributed by atoms with Crippen LogP contribution in [0.25, 0.3) is 0 Å². The molecule has 2 amide bonds. The van der Waals surface area contributed by atoms with E-state index in [1.165, 1.54) is 19.3 Å². The Morgan fingerprint density at radius 3 is 2.58 bits per heavy atom. The van der Waals surface area contributed by atoms with Gasteiger partial charge >= 0.3 is 6.03 Å². The number of anilines is 1. The van der Waals surface area contributed by atoms with Crippen molar-refractivity contribution in [2.45, 2.75) is 58.9 Å². The number of benzene rings is 1. The normalized spacial score (nSPS) is 18.8. The second-order valence-electron chi connectivity index (χ2n) is 7.06. The van der Waals surface area contributed by atoms with Gasteiger partial charge in [0.15, 0.2) is 0 Å². The molecule has 2 aliphatic rings. The van der Waals surface area contributed by atoms with Crippen LogP contribution in [-0.2, 0) is 0 Å². The van der Waals surface area contributed by atoms with E-state index in [2.05, 4.69) is 5.32 Å². The lowest BCUT2D eigenvalue weighted by molar-refractivity contribution is 0.200. The number of methoxy groups -OCH3 is 1. The number of hydrogen-bond donors (Lipinski definition) is 1. The molecule has 5 nitrogen and oxygen atoms in total. The van der Waals surface area contributed by atoms with Crippen molar-refractivity contribution >= 4 is 17.4 Å². The van der Waals surface area contributed by atoms with Gasteiger partial charge in [-0.2, -0.15) is 5.10 Å². The van der Waals surface area contributed by atoms with Gasteiger partial charge in [-0.15, -0.1) is 0 Å². The quantitative estimate of drug-likeness (QED) is 0.885. The molecule has 0 radical (unpaired) electrons. The van der Waals surface area contributed by atoms with Gasteiger partial charge in [-0.05, 0) is 51.3 Å². The number of nitrogens with one attached hydrogen (secondary N) is 1. The minimum absolute atomic E-state index is 0.0147. The zero-order valence-corrected chi connectivity index (χ0v) is 15.1. The molecule has 0 aromatic heterocycles. The number of amides is 2. The SMILES string of the molecule is COc1cc2c(cc1C)NC(=O)N(C(C)C)N=C2C1CCCCC1. The predicted molar refractivity (Wildman–Crippen MR) is 96.8 cm³/mol. The van der Waals surface area contributed by atoms with Gasteiger partial charge < -0.3 is 10.1 Å². The lowest BCUT2D eigenvalue weighted by Crippen LogP contribution is -2.35. The minimum Gasteiger partial charge on any atom is -0.496 e. The third-order valence-electron chi connectivity index (χ3n) is 4.96. The van der Waals surface area contributed by atoms with Gasteiger partial charge in [-0.1, -0.05) is 19.3 Å². The van der Waals surface area contributed by atoms with Crippen LogP contribution in [0.2, 0.25) is 0 Å². The van der Waals surface area contributed by atoms with Gasteiger partial charge in [0.1, 0.15) is 5.75 Å². The lowest BCUT2D eigenvalue weighted by atomic mass is 9.82. The highest BCUT2D eigenvalue weighted by molar-refractivity contribution is 6.11. The van der Waals surface area contributed by atoms with E-state index < -0.39 is 0 Å². The second-order valence-corrected chi connectivity index (χ2v) is 7.06. The van der Waals surface area contributed by atoms with Gasteiger partial charge in [0.05, 0.1) is 24.6 Å². The van der Waals surface area contributed by atoms with Crippen LogP contribution in [0, 0.1) is 12.8 Å². The van der Waals surface area contributed by atoms with Crippen LogP contribution in [0.5, 0.6) is 5.75 Å². The molecular formula is C19H27N3O2. The standard InChI is InChI=1S/C19H27N3O2/c1-12(2)22-19(23)20-16-10-13(3)17(24-4)11-15(16)18(21-22)14-8-6-5-7-9-14/h10-12,14H,5-9H2,1-4H3,(H,20,23). The smallest absolute Gasteiger partial charge is 0.342 e. The van der Waals surface area contributed by atoms with Crippen LogP contribution in [-0.4, -0.2) is 29.9 Å². The zero-order chi connectivity index (χ0) is 17.3. The average molecular weight is 329 g/mol. The van der Waals surface area contributed by atoms with Crippen LogP contribution in [0.3, 0.4) is 0 Å². The molecule has 5 heteroatoms. The van der Waals surface area contributed by atoms with Crippen molar-refractivity contribution in [3.8, 4) is 5.75 Å². The Labute approximate surface area is 144 Å². The Morgan fingerprint density at radius 2 is 1.96 bits per heavy atom. The number of hydrogen-bond acceptors (Lipinski definition) is 3. The Hall–Kier alpha value is -2.04. The summed E-state index contributed by atoms with van der Waals surface area (Å²) in [4.78, 5) is 12.6. The molecule has 1 aromatic carbocycles. The highest BCUT2D eigenvalue weighted by Gasteiger charge is 2.30. The highest BCUT2D eigenvalue weighted by Crippen LogP contribution is 2.35. The van der Waals surface area contributed by atoms with Crippen LogP contribution >= 0.6 is 0 Å². The monoisotopic (exact) mass is 329 g/mol. The number of fused-ring (bicyclic) bond motifs is 1. The number of carbonyl (C=O) groups is 1. The Kier molecular flexibility index (Phi) is 4.78. The minimum atomic E-state index is -0.165. The van der Waals surface area contributed by atoms with Crippen molar-refractivity contribution in [3.63, 3.8) is 0 Å². The van der Waals surface area contributed by atoms with Gasteiger partial charge in [-0.3, -0.25) is 0 Å². The molecule has 3 rings (SSSR count). The highest BCUT2D eigenvalue weighted by atomic mass is 16.5. The number of hydrazone groups is 1. The van der Waals surface area contributed by atoms with Gasteiger partial charge in [0, 0.05) is 11.5 Å². The second kappa shape index (κ2) is 6.83. The van der Waals surface area contributed by atoms with Gasteiger partial charge in [0.25, 0.3) is 0 Å². The first-order valence-electron chi connectivity index (χ1n) is 8.89. The largest absolute Gasteiger partial charge is 0.496 e. The first-order valence-corrected chi connectivity index (χ1v) is 8.89. The maximum atomic E-state index is 12.6. The van der Waals surface area contributed by atoms with E-state index in [0.29, 0.717) is 5.92 Å². The lowest BCUT2D eigenvalue weighted by Gasteiger charge is -2.26. The predicted octanol–water partition coefficient (Wildman–Crippen LogP) is 4.54. The van der Waals surface area contributed by atoms with Crippen LogP contribution < -0.4 is 10.1 Å². The Bertz CT molecular complexity index is 661. The summed E-state index contributed by atoms with van der Waals surface area (Å²) in [7, 11) is 1.68. The van der Waals surface area contributed by atoms with E-state index >= 15 is 0 Å². The van der Waals surface area contributed by atoms with Crippen molar-refractivity contribution in [1.29, 1.82) is 0 Å². The van der Waals surface area contributed by atoms with E-state index in [4.69, 9.17) is 9.84 Å². The van der Waals surface area contributed by atoms with Crippen molar-refractivity contribution in [3.05, 3.63) is 23.3 Å². The molecule has 1 N–H and O–H groups in total. The summed E-state index contributed by atoms with van der Waals surface area (Å²) in [5, 5.41) is 9.42. The van der Waals surface area contributed by atoms with E-state index in [1.54, 1.807) is 12.1 Å². The van der Waals surface area contributed by atoms with Gasteiger partial charge in [-0.25, -0.2) is 9.80 Å². The maximum absolute atomic E-state index is 12.6. The van der Waals surface area contributed by atoms with E-state index in [9.17, 15) is 4.79 Å². The third kappa shape index (κ3) is 3.12. The summed E-state index contributed by atoms with van der Waals surface area (Å²) >= 11 is 0. The Morgan fingerprint density at radius 1 is 1.25 bits per heavy atom. The summed E-state index contributed by atoms with van der Waals surface area (Å²) in [6, 6.07) is 3.87. The average Bonchev–Trinajstić information content (AvgIpc) is 2.70. The fourth-order valence-corrected chi connectivity index (χ4v) is 3.64. The van der Waals surface area contributed by atoms with E-state index in [1.807, 2.05) is 32.9 Å². The van der Waals surface area contributed by atoms with Crippen molar-refractivity contribution in [2.24, 2.45) is 11.0 Å². The summed E-state index contributed by atoms with van der Waals surface area (Å²) in [5.74, 6) is 1.24. The first-order chi connectivity index (χ1) is 11.5. The molecule has 0 saturated heterocycles. The van der Waals surface area contributed by atoms with Crippen molar-refractivity contribution in [1.82, 2.24) is 5.01 Å². The molecule has 0 atom stereocenters. The molecule has 1 heterocycles.